The van der Waals surface area contributed by atoms with E-state index in [4.69, 9.17) is 0 Å². The number of hydrogen-bond donors (Lipinski definition) is 0. The van der Waals surface area contributed by atoms with Gasteiger partial charge in [0.1, 0.15) is 6.20 Å². The number of ether oxygens (including phenoxy) is 2. The molecule has 0 unspecified atom stereocenters. The van der Waals surface area contributed by atoms with Crippen LogP contribution >= 0.6 is 0 Å². The summed E-state index contributed by atoms with van der Waals surface area (Å²) in [5.41, 5.74) is 0.183. The average molecular weight is 404 g/mol. The van der Waals surface area contributed by atoms with E-state index in [0.29, 0.717) is 11.1 Å². The van der Waals surface area contributed by atoms with Crippen LogP contribution in [0.15, 0.2) is 24.4 Å². The van der Waals surface area contributed by atoms with E-state index in [1.165, 1.54) is 19.2 Å². The van der Waals surface area contributed by atoms with Crippen LogP contribution in [0.2, 0.25) is 0 Å². The topological polar surface area (TPSA) is 114 Å². The molecule has 2 aromatic rings. The van der Waals surface area contributed by atoms with Gasteiger partial charge in [-0.3, -0.25) is 14.9 Å². The maximum absolute atomic E-state index is 11.7. The molecule has 0 aliphatic heterocycles. The smallest absolute Gasteiger partial charge is 0.475 e. The minimum atomic E-state index is -0.861. The second-order valence-corrected chi connectivity index (χ2v) is 4.38. The Morgan fingerprint density at radius 1 is 1.29 bits per heavy atom. The quantitative estimate of drug-likeness (QED) is 0.251. The maximum atomic E-state index is 11.7. The summed E-state index contributed by atoms with van der Waals surface area (Å²) in [4.78, 5) is 33.3. The van der Waals surface area contributed by atoms with Gasteiger partial charge in [0.05, 0.1) is 19.1 Å². The second-order valence-electron chi connectivity index (χ2n) is 4.38. The van der Waals surface area contributed by atoms with Crippen molar-refractivity contribution in [2.75, 3.05) is 14.2 Å². The Balaban J connectivity index is 0.00000288. The molecular weight excluding hydrogens is 392 g/mol. The Bertz CT molecular complexity index is 756. The van der Waals surface area contributed by atoms with Gasteiger partial charge in [-0.2, -0.15) is 29.4 Å². The van der Waals surface area contributed by atoms with E-state index in [2.05, 4.69) is 20.6 Å². The van der Waals surface area contributed by atoms with Crippen LogP contribution in [0.25, 0.3) is 0 Å². The molecule has 0 aliphatic rings. The molecule has 0 N–H and O–H groups in total. The van der Waals surface area contributed by atoms with Gasteiger partial charge in [-0.1, -0.05) is 5.56 Å². The van der Waals surface area contributed by atoms with Crippen LogP contribution in [0.4, 0.5) is 5.69 Å². The minimum Gasteiger partial charge on any atom is -0.475 e. The van der Waals surface area contributed by atoms with E-state index >= 15 is 0 Å². The van der Waals surface area contributed by atoms with Crippen molar-refractivity contribution in [3.8, 4) is 0 Å². The van der Waals surface area contributed by atoms with Crippen molar-refractivity contribution in [1.29, 1.82) is 0 Å². The zero-order valence-corrected chi connectivity index (χ0v) is 18.2. The molecule has 9 nitrogen and oxygen atoms in total. The number of carbonyl (C=O) groups is 2. The summed E-state index contributed by atoms with van der Waals surface area (Å²) in [7, 11) is 2.39. The van der Waals surface area contributed by atoms with Crippen molar-refractivity contribution in [3.05, 3.63) is 57.4 Å². The van der Waals surface area contributed by atoms with E-state index in [1.54, 1.807) is 6.07 Å². The number of benzene rings is 1. The SMILES string of the molecule is COC(=O)c1c[c-]c(Cn2ncc([N+](=O)[O-])c2C(=O)OC)cc1.[Rb+]. The third-order valence-electron chi connectivity index (χ3n) is 3.01. The normalized spacial score (nSPS) is 9.75. The largest absolute Gasteiger partial charge is 1.00 e. The van der Waals surface area contributed by atoms with Crippen molar-refractivity contribution in [2.24, 2.45) is 0 Å². The fourth-order valence-corrected chi connectivity index (χ4v) is 1.90. The first-order valence-electron chi connectivity index (χ1n) is 6.35. The molecule has 1 aromatic carbocycles. The van der Waals surface area contributed by atoms with Gasteiger partial charge in [0.15, 0.2) is 0 Å². The van der Waals surface area contributed by atoms with E-state index in [1.807, 2.05) is 0 Å². The first kappa shape index (κ1) is 20.6. The van der Waals surface area contributed by atoms with Crippen molar-refractivity contribution < 1.29 is 82.2 Å². The fourth-order valence-electron chi connectivity index (χ4n) is 1.90. The van der Waals surface area contributed by atoms with Crippen LogP contribution in [-0.4, -0.2) is 40.9 Å². The summed E-state index contributed by atoms with van der Waals surface area (Å²) in [5.74, 6) is -1.36. The van der Waals surface area contributed by atoms with Gasteiger partial charge in [0.2, 0.25) is 5.69 Å². The van der Waals surface area contributed by atoms with E-state index in [9.17, 15) is 19.7 Å². The molecule has 0 saturated carbocycles. The van der Waals surface area contributed by atoms with E-state index in [-0.39, 0.29) is 70.4 Å². The number of hydrogen-bond acceptors (Lipinski definition) is 7. The monoisotopic (exact) mass is 403 g/mol. The molecule has 0 spiro atoms. The Hall–Kier alpha value is -1.42. The van der Waals surface area contributed by atoms with E-state index in [0.717, 1.165) is 18.0 Å². The molecule has 10 heteroatoms. The zero-order chi connectivity index (χ0) is 17.0. The van der Waals surface area contributed by atoms with Gasteiger partial charge >= 0.3 is 69.8 Å². The molecule has 24 heavy (non-hydrogen) atoms. The second kappa shape index (κ2) is 9.16. The summed E-state index contributed by atoms with van der Waals surface area (Å²) in [6.07, 6.45) is 0.981. The third-order valence-corrected chi connectivity index (χ3v) is 3.01. The molecule has 1 aromatic heterocycles. The van der Waals surface area contributed by atoms with Crippen molar-refractivity contribution >= 4 is 17.6 Å². The zero-order valence-electron chi connectivity index (χ0n) is 13.3. The molecule has 120 valence electrons. The number of nitro groups is 1. The third kappa shape index (κ3) is 4.56. The number of aromatic nitrogens is 2. The molecule has 0 amide bonds. The van der Waals surface area contributed by atoms with Crippen LogP contribution in [0.1, 0.15) is 26.4 Å². The average Bonchev–Trinajstić information content (AvgIpc) is 2.98. The van der Waals surface area contributed by atoms with Crippen LogP contribution in [0.3, 0.4) is 0 Å². The Labute approximate surface area is 185 Å². The first-order valence-corrected chi connectivity index (χ1v) is 6.35. The molecule has 0 atom stereocenters. The van der Waals surface area contributed by atoms with Gasteiger partial charge in [-0.25, -0.2) is 9.48 Å². The van der Waals surface area contributed by atoms with Crippen molar-refractivity contribution in [1.82, 2.24) is 9.78 Å². The Morgan fingerprint density at radius 2 is 1.96 bits per heavy atom. The number of esters is 2. The molecule has 0 aliphatic carbocycles. The molecule has 0 fully saturated rings. The van der Waals surface area contributed by atoms with Crippen LogP contribution in [0, 0.1) is 16.2 Å². The van der Waals surface area contributed by atoms with Gasteiger partial charge in [-0.15, -0.1) is 5.56 Å². The summed E-state index contributed by atoms with van der Waals surface area (Å²) in [6, 6.07) is 7.37. The predicted molar refractivity (Wildman–Crippen MR) is 75.9 cm³/mol. The number of carbonyl (C=O) groups excluding carboxylic acids is 2. The summed E-state index contributed by atoms with van der Waals surface area (Å²) in [5, 5.41) is 14.8. The standard InChI is InChI=1S/C14H12N3O6.Rb/c1-22-13(18)10-5-3-9(4-6-10)8-16-12(14(19)23-2)11(7-15-16)17(20)21;/h3,5-7H,8H2,1-2H3;/q-1;+1. The predicted octanol–water partition coefficient (Wildman–Crippen LogP) is -1.78. The molecule has 1 heterocycles. The molecule has 2 rings (SSSR count). The fraction of sp³-hybridized carbons (Fsp3) is 0.214. The minimum absolute atomic E-state index is 0. The molecule has 0 radical (unpaired) electrons. The van der Waals surface area contributed by atoms with Gasteiger partial charge in [-0.05, 0) is 0 Å². The van der Waals surface area contributed by atoms with Crippen LogP contribution < -0.4 is 58.2 Å². The number of rotatable bonds is 5. The Morgan fingerprint density at radius 3 is 2.46 bits per heavy atom. The first-order chi connectivity index (χ1) is 11.0. The summed E-state index contributed by atoms with van der Waals surface area (Å²) >= 11 is 0. The molecular formula is C14H12N3O6Rb. The molecule has 0 bridgehead atoms. The summed E-state index contributed by atoms with van der Waals surface area (Å²) < 4.78 is 10.3. The van der Waals surface area contributed by atoms with Crippen LogP contribution in [-0.2, 0) is 16.0 Å². The Kier molecular flexibility index (Phi) is 7.87. The van der Waals surface area contributed by atoms with Crippen LogP contribution in [0.5, 0.6) is 0 Å². The molecule has 0 saturated heterocycles. The van der Waals surface area contributed by atoms with Crippen molar-refractivity contribution in [2.45, 2.75) is 6.54 Å². The van der Waals surface area contributed by atoms with Crippen molar-refractivity contribution in [3.63, 3.8) is 0 Å². The van der Waals surface area contributed by atoms with Gasteiger partial charge in [0, 0.05) is 6.54 Å². The maximum Gasteiger partial charge on any atom is 1.00 e. The van der Waals surface area contributed by atoms with E-state index < -0.39 is 22.5 Å². The number of nitrogens with zero attached hydrogens (tertiary/aromatic N) is 3. The number of methoxy groups -OCH3 is 2. The van der Waals surface area contributed by atoms with Gasteiger partial charge in [0.25, 0.3) is 5.97 Å². The van der Waals surface area contributed by atoms with Gasteiger partial charge < -0.3 is 9.47 Å². The summed E-state index contributed by atoms with van der Waals surface area (Å²) in [6.45, 7) is 0.0553.